The van der Waals surface area contributed by atoms with Crippen LogP contribution in [0.1, 0.15) is 22.7 Å². The number of alkyl halides is 1. The van der Waals surface area contributed by atoms with Crippen LogP contribution < -0.4 is 4.74 Å². The van der Waals surface area contributed by atoms with Crippen LogP contribution in [0.3, 0.4) is 0 Å². The van der Waals surface area contributed by atoms with Gasteiger partial charge in [-0.25, -0.2) is 9.18 Å². The Morgan fingerprint density at radius 1 is 1.16 bits per heavy atom. The van der Waals surface area contributed by atoms with Crippen molar-refractivity contribution >= 4 is 39.3 Å². The first kappa shape index (κ1) is 21.1. The molecular formula is C23H14BrClFNO5. The summed E-state index contributed by atoms with van der Waals surface area (Å²) in [4.78, 5) is 29.9. The summed E-state index contributed by atoms with van der Waals surface area (Å²) in [6.45, 7) is 0. The second-order valence-corrected chi connectivity index (χ2v) is 9.10. The number of carboxylic acids is 1. The second-order valence-electron chi connectivity index (χ2n) is 7.75. The van der Waals surface area contributed by atoms with Gasteiger partial charge in [-0.2, -0.15) is 0 Å². The monoisotopic (exact) mass is 517 g/mol. The van der Waals surface area contributed by atoms with E-state index in [1.54, 1.807) is 42.5 Å². The number of fused-ring (bicyclic) bond motifs is 3. The molecule has 0 saturated heterocycles. The average molecular weight is 519 g/mol. The van der Waals surface area contributed by atoms with Gasteiger partial charge in [0.15, 0.2) is 5.60 Å². The van der Waals surface area contributed by atoms with Crippen LogP contribution in [-0.2, 0) is 20.8 Å². The molecule has 0 bridgehead atoms. The molecule has 0 radical (unpaired) electrons. The molecule has 1 aliphatic carbocycles. The van der Waals surface area contributed by atoms with Crippen molar-refractivity contribution in [1.82, 2.24) is 4.98 Å². The molecule has 1 aromatic heterocycles. The van der Waals surface area contributed by atoms with E-state index in [2.05, 4.69) is 20.9 Å². The standard InChI is InChI=1S/C23H14BrClFNO5/c24-14-8-6-13(7-9-14)23-17(12-4-2-1-3-5-12)21(26,20(29)30)19(28)22(23,31)18-16(32-23)10-15(25)11-27-18/h1-11,17,31H,(H,29,30)/t17-,21?,22+,23+/m1/s1. The van der Waals surface area contributed by atoms with E-state index in [0.29, 0.717) is 4.47 Å². The third-order valence-corrected chi connectivity index (χ3v) is 6.89. The van der Waals surface area contributed by atoms with Crippen LogP contribution >= 0.6 is 27.5 Å². The van der Waals surface area contributed by atoms with E-state index in [-0.39, 0.29) is 27.6 Å². The Morgan fingerprint density at radius 2 is 1.81 bits per heavy atom. The Hall–Kier alpha value is -2.81. The predicted molar refractivity (Wildman–Crippen MR) is 115 cm³/mol. The van der Waals surface area contributed by atoms with E-state index < -0.39 is 34.5 Å². The SMILES string of the molecule is O=C(O)C1(F)C(=O)[C@@]2(O)c3ncc(Cl)cc3O[C@@]2(c2ccc(Br)cc2)[C@@H]1c1ccccc1. The number of carbonyl (C=O) groups excluding carboxylic acids is 1. The van der Waals surface area contributed by atoms with Crippen molar-refractivity contribution in [2.24, 2.45) is 0 Å². The first-order valence-electron chi connectivity index (χ1n) is 9.53. The lowest BCUT2D eigenvalue weighted by Crippen LogP contribution is -2.51. The van der Waals surface area contributed by atoms with Crippen molar-refractivity contribution in [2.45, 2.75) is 22.8 Å². The molecule has 3 aromatic rings. The molecule has 1 unspecified atom stereocenters. The van der Waals surface area contributed by atoms with Gasteiger partial charge >= 0.3 is 5.97 Å². The summed E-state index contributed by atoms with van der Waals surface area (Å²) in [5.74, 6) is -5.33. The fraction of sp³-hybridized carbons (Fsp3) is 0.174. The molecule has 0 spiro atoms. The number of aliphatic hydroxyl groups is 1. The minimum Gasteiger partial charge on any atom is -0.479 e. The number of hydrogen-bond acceptors (Lipinski definition) is 5. The zero-order chi connectivity index (χ0) is 22.9. The summed E-state index contributed by atoms with van der Waals surface area (Å²) in [7, 11) is 0. The van der Waals surface area contributed by atoms with Crippen LogP contribution in [0.4, 0.5) is 4.39 Å². The Balaban J connectivity index is 1.93. The number of halogens is 3. The molecule has 162 valence electrons. The maximum atomic E-state index is 16.5. The molecule has 2 aromatic carbocycles. The summed E-state index contributed by atoms with van der Waals surface area (Å²) < 4.78 is 23.3. The maximum absolute atomic E-state index is 16.5. The molecule has 6 nitrogen and oxygen atoms in total. The topological polar surface area (TPSA) is 96.7 Å². The smallest absolute Gasteiger partial charge is 0.350 e. The van der Waals surface area contributed by atoms with Gasteiger partial charge in [0.1, 0.15) is 11.4 Å². The number of carboxylic acid groups (broad SMARTS) is 1. The summed E-state index contributed by atoms with van der Waals surface area (Å²) >= 11 is 9.38. The molecule has 32 heavy (non-hydrogen) atoms. The number of aromatic nitrogens is 1. The Bertz CT molecular complexity index is 1270. The second kappa shape index (κ2) is 6.84. The highest BCUT2D eigenvalue weighted by molar-refractivity contribution is 9.10. The molecule has 2 heterocycles. The fourth-order valence-corrected chi connectivity index (χ4v) is 5.29. The third-order valence-electron chi connectivity index (χ3n) is 6.15. The van der Waals surface area contributed by atoms with Crippen LogP contribution in [0, 0.1) is 0 Å². The maximum Gasteiger partial charge on any atom is 0.350 e. The summed E-state index contributed by atoms with van der Waals surface area (Å²) in [5, 5.41) is 22.0. The number of ether oxygens (including phenoxy) is 1. The highest BCUT2D eigenvalue weighted by Gasteiger charge is 2.85. The molecule has 1 saturated carbocycles. The van der Waals surface area contributed by atoms with E-state index in [1.807, 2.05) is 0 Å². The van der Waals surface area contributed by atoms with Crippen LogP contribution in [0.5, 0.6) is 5.75 Å². The first-order chi connectivity index (χ1) is 15.2. The number of aliphatic carboxylic acids is 1. The molecule has 2 aliphatic rings. The summed E-state index contributed by atoms with van der Waals surface area (Å²) in [5.41, 5.74) is -8.28. The minimum atomic E-state index is -3.50. The van der Waals surface area contributed by atoms with Gasteiger partial charge in [0.2, 0.25) is 11.4 Å². The van der Waals surface area contributed by atoms with E-state index in [9.17, 15) is 19.8 Å². The lowest BCUT2D eigenvalue weighted by atomic mass is 9.71. The molecule has 1 aliphatic heterocycles. The molecule has 5 rings (SSSR count). The van der Waals surface area contributed by atoms with Gasteiger partial charge in [0.25, 0.3) is 5.67 Å². The van der Waals surface area contributed by atoms with Crippen molar-refractivity contribution in [3.05, 3.63) is 93.2 Å². The van der Waals surface area contributed by atoms with Gasteiger partial charge in [-0.05, 0) is 17.7 Å². The lowest BCUT2D eigenvalue weighted by molar-refractivity contribution is -0.161. The minimum absolute atomic E-state index is 0.0235. The highest BCUT2D eigenvalue weighted by atomic mass is 79.9. The van der Waals surface area contributed by atoms with Crippen molar-refractivity contribution in [2.75, 3.05) is 0 Å². The number of pyridine rings is 1. The highest BCUT2D eigenvalue weighted by Crippen LogP contribution is 2.68. The summed E-state index contributed by atoms with van der Waals surface area (Å²) in [6, 6.07) is 15.5. The van der Waals surface area contributed by atoms with Crippen molar-refractivity contribution in [3.8, 4) is 5.75 Å². The van der Waals surface area contributed by atoms with Gasteiger partial charge in [0, 0.05) is 22.3 Å². The number of ketones is 1. The Labute approximate surface area is 194 Å². The fourth-order valence-electron chi connectivity index (χ4n) is 4.87. The molecule has 1 fully saturated rings. The van der Waals surface area contributed by atoms with Gasteiger partial charge in [0.05, 0.1) is 10.9 Å². The predicted octanol–water partition coefficient (Wildman–Crippen LogP) is 4.13. The van der Waals surface area contributed by atoms with Crippen LogP contribution in [-0.4, -0.2) is 32.6 Å². The number of benzene rings is 2. The van der Waals surface area contributed by atoms with Crippen molar-refractivity contribution in [1.29, 1.82) is 0 Å². The Morgan fingerprint density at radius 3 is 2.44 bits per heavy atom. The van der Waals surface area contributed by atoms with Crippen LogP contribution in [0.2, 0.25) is 5.02 Å². The van der Waals surface area contributed by atoms with Crippen LogP contribution in [0.15, 0.2) is 71.3 Å². The number of nitrogens with zero attached hydrogens (tertiary/aromatic N) is 1. The van der Waals surface area contributed by atoms with Crippen molar-refractivity contribution in [3.63, 3.8) is 0 Å². The molecular weight excluding hydrogens is 505 g/mol. The van der Waals surface area contributed by atoms with Gasteiger partial charge < -0.3 is 14.9 Å². The van der Waals surface area contributed by atoms with Crippen LogP contribution in [0.25, 0.3) is 0 Å². The number of rotatable bonds is 3. The van der Waals surface area contributed by atoms with E-state index in [4.69, 9.17) is 16.3 Å². The van der Waals surface area contributed by atoms with Gasteiger partial charge in [-0.15, -0.1) is 0 Å². The largest absolute Gasteiger partial charge is 0.479 e. The number of hydrogen-bond donors (Lipinski definition) is 2. The van der Waals surface area contributed by atoms with E-state index in [0.717, 1.165) is 0 Å². The van der Waals surface area contributed by atoms with Crippen molar-refractivity contribution < 1.29 is 28.9 Å². The zero-order valence-corrected chi connectivity index (χ0v) is 18.5. The third kappa shape index (κ3) is 2.40. The Kier molecular flexibility index (Phi) is 4.50. The quantitative estimate of drug-likeness (QED) is 0.506. The molecule has 9 heteroatoms. The first-order valence-corrected chi connectivity index (χ1v) is 10.7. The zero-order valence-electron chi connectivity index (χ0n) is 16.1. The molecule has 0 amide bonds. The average Bonchev–Trinajstić information content (AvgIpc) is 3.11. The van der Waals surface area contributed by atoms with E-state index in [1.165, 1.54) is 24.4 Å². The van der Waals surface area contributed by atoms with Gasteiger partial charge in [-0.3, -0.25) is 9.78 Å². The lowest BCUT2D eigenvalue weighted by Gasteiger charge is -2.39. The summed E-state index contributed by atoms with van der Waals surface area (Å²) in [6.07, 6.45) is 1.18. The number of Topliss-reactive ketones (excluding diaryl/α,β-unsaturated/α-hetero) is 1. The number of carbonyl (C=O) groups is 2. The van der Waals surface area contributed by atoms with E-state index >= 15 is 4.39 Å². The normalized spacial score (nSPS) is 30.5. The molecule has 2 N–H and O–H groups in total. The molecule has 4 atom stereocenters. The van der Waals surface area contributed by atoms with Gasteiger partial charge in [-0.1, -0.05) is 70.0 Å².